The molecule has 5 nitrogen and oxygen atoms in total. The average molecular weight is 436 g/mol. The Labute approximate surface area is 181 Å². The Bertz CT molecular complexity index is 850. The zero-order valence-corrected chi connectivity index (χ0v) is 20.1. The van der Waals surface area contributed by atoms with Crippen LogP contribution in [-0.2, 0) is 21.1 Å². The van der Waals surface area contributed by atoms with Gasteiger partial charge in [-0.15, -0.1) is 0 Å². The number of ketones is 1. The Kier molecular flexibility index (Phi) is 7.54. The highest BCUT2D eigenvalue weighted by atomic mass is 32.2. The lowest BCUT2D eigenvalue weighted by Gasteiger charge is -2.30. The molecule has 2 rings (SSSR count). The van der Waals surface area contributed by atoms with Crippen molar-refractivity contribution in [1.29, 1.82) is 0 Å². The van der Waals surface area contributed by atoms with E-state index in [1.54, 1.807) is 32.9 Å². The van der Waals surface area contributed by atoms with Crippen LogP contribution in [-0.4, -0.2) is 36.1 Å². The molecule has 0 bridgehead atoms. The Morgan fingerprint density at radius 2 is 1.47 bits per heavy atom. The minimum Gasteiger partial charge on any atom is -0.347 e. The molecule has 0 saturated heterocycles. The van der Waals surface area contributed by atoms with Crippen LogP contribution in [0.15, 0.2) is 24.3 Å². The Hall–Kier alpha value is -1.69. The minimum absolute atomic E-state index is 0.00227. The average Bonchev–Trinajstić information content (AvgIpc) is 2.60. The van der Waals surface area contributed by atoms with Gasteiger partial charge in [0.1, 0.15) is 5.78 Å². The topological polar surface area (TPSA) is 80.3 Å². The van der Waals surface area contributed by atoms with Gasteiger partial charge in [-0.05, 0) is 90.8 Å². The summed E-state index contributed by atoms with van der Waals surface area (Å²) in [6, 6.07) is 7.21. The van der Waals surface area contributed by atoms with Gasteiger partial charge in [0.15, 0.2) is 9.84 Å². The zero-order valence-electron chi connectivity index (χ0n) is 19.2. The van der Waals surface area contributed by atoms with Crippen molar-refractivity contribution >= 4 is 21.5 Å². The second-order valence-electron chi connectivity index (χ2n) is 10.7. The summed E-state index contributed by atoms with van der Waals surface area (Å²) in [5.41, 5.74) is 1.20. The molecular weight excluding hydrogens is 398 g/mol. The molecule has 1 amide bonds. The third-order valence-electron chi connectivity index (χ3n) is 5.77. The van der Waals surface area contributed by atoms with Gasteiger partial charge in [0.05, 0.1) is 10.5 Å². The quantitative estimate of drug-likeness (QED) is 0.720. The highest BCUT2D eigenvalue weighted by molar-refractivity contribution is 7.92. The van der Waals surface area contributed by atoms with Crippen molar-refractivity contribution in [3.63, 3.8) is 0 Å². The fraction of sp³-hybridized carbons (Fsp3) is 0.667. The van der Waals surface area contributed by atoms with E-state index >= 15 is 0 Å². The number of benzene rings is 1. The lowest BCUT2D eigenvalue weighted by molar-refractivity contribution is -0.123. The van der Waals surface area contributed by atoms with Crippen molar-refractivity contribution in [2.45, 2.75) is 83.9 Å². The van der Waals surface area contributed by atoms with Crippen LogP contribution in [0.25, 0.3) is 0 Å². The van der Waals surface area contributed by atoms with E-state index < -0.39 is 14.6 Å². The number of nitrogens with one attached hydrogen (secondary N) is 1. The molecule has 1 aromatic carbocycles. The lowest BCUT2D eigenvalue weighted by atomic mass is 9.79. The van der Waals surface area contributed by atoms with Crippen molar-refractivity contribution in [3.05, 3.63) is 35.4 Å². The van der Waals surface area contributed by atoms with Gasteiger partial charge < -0.3 is 5.32 Å². The third-order valence-corrected chi connectivity index (χ3v) is 8.55. The predicted octanol–water partition coefficient (Wildman–Crippen LogP) is 4.35. The van der Waals surface area contributed by atoms with Crippen LogP contribution in [0, 0.1) is 11.8 Å². The summed E-state index contributed by atoms with van der Waals surface area (Å²) in [7, 11) is -3.12. The molecule has 1 N–H and O–H groups in total. The van der Waals surface area contributed by atoms with Gasteiger partial charge in [0, 0.05) is 23.4 Å². The zero-order chi connectivity index (χ0) is 22.7. The number of hydrogen-bond donors (Lipinski definition) is 1. The molecule has 0 unspecified atom stereocenters. The molecular formula is C24H37NO4S. The summed E-state index contributed by atoms with van der Waals surface area (Å²) in [5.74, 6) is 0.458. The van der Waals surface area contributed by atoms with Crippen molar-refractivity contribution in [3.8, 4) is 0 Å². The maximum Gasteiger partial charge on any atom is 0.251 e. The fourth-order valence-electron chi connectivity index (χ4n) is 3.74. The van der Waals surface area contributed by atoms with Crippen molar-refractivity contribution in [2.75, 3.05) is 5.75 Å². The lowest BCUT2D eigenvalue weighted by Crippen LogP contribution is -2.40. The molecule has 0 heterocycles. The second kappa shape index (κ2) is 9.21. The van der Waals surface area contributed by atoms with Gasteiger partial charge >= 0.3 is 0 Å². The maximum absolute atomic E-state index is 12.7. The minimum atomic E-state index is -3.12. The second-order valence-corrected chi connectivity index (χ2v) is 13.4. The predicted molar refractivity (Wildman–Crippen MR) is 121 cm³/mol. The van der Waals surface area contributed by atoms with E-state index in [0.717, 1.165) is 31.2 Å². The van der Waals surface area contributed by atoms with E-state index in [2.05, 4.69) is 5.32 Å². The first kappa shape index (κ1) is 24.6. The highest BCUT2D eigenvalue weighted by Gasteiger charge is 2.34. The van der Waals surface area contributed by atoms with Crippen LogP contribution in [0.1, 0.15) is 83.1 Å². The van der Waals surface area contributed by atoms with Crippen LogP contribution < -0.4 is 5.32 Å². The SMILES string of the molecule is CC(C)(C)NC(=O)c1ccc(CC(=O)C2CCC(CS(=O)(=O)C(C)(C)C)CC2)cc1. The standard InChI is InChI=1S/C24H37NO4S/c1-23(2,3)25-22(27)20-13-7-17(8-14-20)15-21(26)19-11-9-18(10-12-19)16-30(28,29)24(4,5)6/h7-8,13-14,18-19H,9-12,15-16H2,1-6H3,(H,25,27). The molecule has 30 heavy (non-hydrogen) atoms. The van der Waals surface area contributed by atoms with Crippen molar-refractivity contribution in [2.24, 2.45) is 11.8 Å². The van der Waals surface area contributed by atoms with Gasteiger partial charge in [0.25, 0.3) is 5.91 Å². The van der Waals surface area contributed by atoms with E-state index in [-0.39, 0.29) is 34.8 Å². The molecule has 0 aliphatic heterocycles. The number of rotatable bonds is 6. The van der Waals surface area contributed by atoms with Crippen LogP contribution in [0.2, 0.25) is 0 Å². The Balaban J connectivity index is 1.87. The molecule has 1 fully saturated rings. The number of carbonyl (C=O) groups is 2. The molecule has 168 valence electrons. The molecule has 0 spiro atoms. The van der Waals surface area contributed by atoms with Gasteiger partial charge in [-0.3, -0.25) is 9.59 Å². The molecule has 0 aromatic heterocycles. The summed E-state index contributed by atoms with van der Waals surface area (Å²) in [6.07, 6.45) is 3.45. The first-order valence-corrected chi connectivity index (χ1v) is 12.5. The van der Waals surface area contributed by atoms with Crippen molar-refractivity contribution in [1.82, 2.24) is 5.32 Å². The highest BCUT2D eigenvalue weighted by Crippen LogP contribution is 2.33. The van der Waals surface area contributed by atoms with Crippen LogP contribution in [0.5, 0.6) is 0 Å². The van der Waals surface area contributed by atoms with E-state index in [1.165, 1.54) is 0 Å². The smallest absolute Gasteiger partial charge is 0.251 e. The molecule has 1 aliphatic carbocycles. The van der Waals surface area contributed by atoms with Crippen LogP contribution in [0.4, 0.5) is 0 Å². The normalized spacial score (nSPS) is 20.6. The molecule has 1 saturated carbocycles. The van der Waals surface area contributed by atoms with Crippen LogP contribution in [0.3, 0.4) is 0 Å². The first-order chi connectivity index (χ1) is 13.7. The van der Waals surface area contributed by atoms with Crippen molar-refractivity contribution < 1.29 is 18.0 Å². The third kappa shape index (κ3) is 6.93. The fourth-order valence-corrected chi connectivity index (χ4v) is 5.20. The Morgan fingerprint density at radius 3 is 1.93 bits per heavy atom. The summed E-state index contributed by atoms with van der Waals surface area (Å²) in [4.78, 5) is 24.9. The number of sulfone groups is 1. The summed E-state index contributed by atoms with van der Waals surface area (Å²) < 4.78 is 24.1. The molecule has 1 aromatic rings. The molecule has 0 radical (unpaired) electrons. The van der Waals surface area contributed by atoms with Gasteiger partial charge in [-0.1, -0.05) is 12.1 Å². The Morgan fingerprint density at radius 1 is 0.933 bits per heavy atom. The number of hydrogen-bond acceptors (Lipinski definition) is 4. The number of Topliss-reactive ketones (excluding diaryl/α,β-unsaturated/α-hetero) is 1. The van der Waals surface area contributed by atoms with Crippen LogP contribution >= 0.6 is 0 Å². The van der Waals surface area contributed by atoms with E-state index in [0.29, 0.717) is 12.0 Å². The van der Waals surface area contributed by atoms with E-state index in [4.69, 9.17) is 0 Å². The molecule has 1 aliphatic rings. The molecule has 6 heteroatoms. The monoisotopic (exact) mass is 435 g/mol. The van der Waals surface area contributed by atoms with E-state index in [9.17, 15) is 18.0 Å². The summed E-state index contributed by atoms with van der Waals surface area (Å²) >= 11 is 0. The number of carbonyl (C=O) groups excluding carboxylic acids is 2. The summed E-state index contributed by atoms with van der Waals surface area (Å²) in [5, 5.41) is 2.93. The van der Waals surface area contributed by atoms with E-state index in [1.807, 2.05) is 32.9 Å². The van der Waals surface area contributed by atoms with Gasteiger partial charge in [0.2, 0.25) is 0 Å². The summed E-state index contributed by atoms with van der Waals surface area (Å²) in [6.45, 7) is 11.0. The first-order valence-electron chi connectivity index (χ1n) is 10.8. The maximum atomic E-state index is 12.7. The van der Waals surface area contributed by atoms with Gasteiger partial charge in [-0.2, -0.15) is 0 Å². The molecule has 0 atom stereocenters. The largest absolute Gasteiger partial charge is 0.347 e. The van der Waals surface area contributed by atoms with Gasteiger partial charge in [-0.25, -0.2) is 8.42 Å². The number of amides is 1.